The van der Waals surface area contributed by atoms with Crippen LogP contribution in [0.15, 0.2) is 23.6 Å². The molecule has 1 aromatic heterocycles. The minimum atomic E-state index is -0.276. The number of hydrogen-bond acceptors (Lipinski definition) is 6. The van der Waals surface area contributed by atoms with Gasteiger partial charge < -0.3 is 15.0 Å². The third kappa shape index (κ3) is 5.38. The van der Waals surface area contributed by atoms with E-state index in [0.29, 0.717) is 24.9 Å². The van der Waals surface area contributed by atoms with Crippen LogP contribution in [0.3, 0.4) is 0 Å². The molecule has 126 valence electrons. The molecule has 1 aromatic rings. The first-order valence-electron chi connectivity index (χ1n) is 7.76. The molecule has 2 rings (SSSR count). The van der Waals surface area contributed by atoms with Gasteiger partial charge in [-0.15, -0.1) is 0 Å². The van der Waals surface area contributed by atoms with Crippen LogP contribution in [0.1, 0.15) is 26.7 Å². The zero-order valence-corrected chi connectivity index (χ0v) is 14.2. The molecule has 23 heavy (non-hydrogen) atoms. The van der Waals surface area contributed by atoms with Gasteiger partial charge in [-0.25, -0.2) is 14.8 Å². The Morgan fingerprint density at radius 2 is 2.04 bits per heavy atom. The lowest BCUT2D eigenvalue weighted by Crippen LogP contribution is -2.48. The quantitative estimate of drug-likeness (QED) is 0.650. The minimum absolute atomic E-state index is 0.0305. The number of aromatic nitrogens is 2. The zero-order chi connectivity index (χ0) is 16.7. The molecule has 1 fully saturated rings. The number of carbonyl (C=O) groups excluding carboxylic acids is 2. The van der Waals surface area contributed by atoms with E-state index in [1.165, 1.54) is 11.8 Å². The lowest BCUT2D eigenvalue weighted by Gasteiger charge is -2.32. The number of carbonyl (C=O) groups is 2. The van der Waals surface area contributed by atoms with Crippen LogP contribution < -0.4 is 5.32 Å². The molecule has 0 spiro atoms. The predicted molar refractivity (Wildman–Crippen MR) is 87.1 cm³/mol. The fourth-order valence-corrected chi connectivity index (χ4v) is 3.03. The SMILES string of the molecule is CCOC(=O)N1CCC(NC(=O)C(C)Sc2ncccn2)CC1. The zero-order valence-electron chi connectivity index (χ0n) is 13.4. The summed E-state index contributed by atoms with van der Waals surface area (Å²) in [6.07, 6.45) is 4.52. The number of nitrogens with zero attached hydrogens (tertiary/aromatic N) is 3. The first-order valence-corrected chi connectivity index (χ1v) is 8.64. The van der Waals surface area contributed by atoms with Crippen molar-refractivity contribution in [1.82, 2.24) is 20.2 Å². The van der Waals surface area contributed by atoms with E-state index in [0.717, 1.165) is 12.8 Å². The Bertz CT molecular complexity index is 521. The van der Waals surface area contributed by atoms with Crippen LogP contribution in [-0.2, 0) is 9.53 Å². The number of piperidine rings is 1. The molecule has 0 bridgehead atoms. The van der Waals surface area contributed by atoms with Crippen molar-refractivity contribution in [2.75, 3.05) is 19.7 Å². The van der Waals surface area contributed by atoms with Crippen LogP contribution in [-0.4, -0.2) is 57.9 Å². The molecule has 0 radical (unpaired) electrons. The molecule has 8 heteroatoms. The van der Waals surface area contributed by atoms with E-state index in [1.807, 2.05) is 6.92 Å². The van der Waals surface area contributed by atoms with Gasteiger partial charge in [0.15, 0.2) is 5.16 Å². The number of rotatable bonds is 5. The Morgan fingerprint density at radius 3 is 2.65 bits per heavy atom. The van der Waals surface area contributed by atoms with Crippen LogP contribution >= 0.6 is 11.8 Å². The maximum absolute atomic E-state index is 12.2. The van der Waals surface area contributed by atoms with E-state index in [1.54, 1.807) is 30.3 Å². The van der Waals surface area contributed by atoms with Gasteiger partial charge in [-0.2, -0.15) is 0 Å². The molecule has 2 heterocycles. The first-order chi connectivity index (χ1) is 11.1. The number of likely N-dealkylation sites (tertiary alicyclic amines) is 1. The highest BCUT2D eigenvalue weighted by molar-refractivity contribution is 8.00. The van der Waals surface area contributed by atoms with E-state index >= 15 is 0 Å². The topological polar surface area (TPSA) is 84.4 Å². The summed E-state index contributed by atoms with van der Waals surface area (Å²) >= 11 is 1.33. The van der Waals surface area contributed by atoms with E-state index in [9.17, 15) is 9.59 Å². The maximum atomic E-state index is 12.2. The number of hydrogen-bond donors (Lipinski definition) is 1. The van der Waals surface area contributed by atoms with Crippen LogP contribution in [0, 0.1) is 0 Å². The summed E-state index contributed by atoms with van der Waals surface area (Å²) in [5.74, 6) is -0.0305. The molecule has 1 aliphatic rings. The molecular formula is C15H22N4O3S. The van der Waals surface area contributed by atoms with E-state index in [4.69, 9.17) is 4.74 Å². The highest BCUT2D eigenvalue weighted by Crippen LogP contribution is 2.19. The van der Waals surface area contributed by atoms with Crippen LogP contribution in [0.2, 0.25) is 0 Å². The number of ether oxygens (including phenoxy) is 1. The fraction of sp³-hybridized carbons (Fsp3) is 0.600. The second-order valence-corrected chi connectivity index (χ2v) is 6.57. The maximum Gasteiger partial charge on any atom is 0.409 e. The summed E-state index contributed by atoms with van der Waals surface area (Å²) in [6.45, 7) is 5.22. The highest BCUT2D eigenvalue weighted by Gasteiger charge is 2.26. The Balaban J connectivity index is 1.75. The van der Waals surface area contributed by atoms with Gasteiger partial charge in [0.2, 0.25) is 5.91 Å². The molecular weight excluding hydrogens is 316 g/mol. The molecule has 1 atom stereocenters. The lowest BCUT2D eigenvalue weighted by molar-refractivity contribution is -0.121. The average molecular weight is 338 g/mol. The molecule has 1 saturated heterocycles. The monoisotopic (exact) mass is 338 g/mol. The van der Waals surface area contributed by atoms with E-state index < -0.39 is 0 Å². The highest BCUT2D eigenvalue weighted by atomic mass is 32.2. The smallest absolute Gasteiger partial charge is 0.409 e. The van der Waals surface area contributed by atoms with Crippen molar-refractivity contribution < 1.29 is 14.3 Å². The molecule has 1 unspecified atom stereocenters. The molecule has 0 aliphatic carbocycles. The Morgan fingerprint density at radius 1 is 1.39 bits per heavy atom. The normalized spacial score (nSPS) is 16.7. The van der Waals surface area contributed by atoms with Crippen molar-refractivity contribution in [3.63, 3.8) is 0 Å². The summed E-state index contributed by atoms with van der Waals surface area (Å²) in [5.41, 5.74) is 0. The summed E-state index contributed by atoms with van der Waals surface area (Å²) in [6, 6.07) is 1.83. The Hall–Kier alpha value is -1.83. The van der Waals surface area contributed by atoms with Gasteiger partial charge >= 0.3 is 6.09 Å². The van der Waals surface area contributed by atoms with Crippen molar-refractivity contribution in [2.45, 2.75) is 43.1 Å². The third-order valence-electron chi connectivity index (χ3n) is 3.56. The van der Waals surface area contributed by atoms with E-state index in [2.05, 4.69) is 15.3 Å². The number of thioether (sulfide) groups is 1. The van der Waals surface area contributed by atoms with Crippen molar-refractivity contribution in [3.8, 4) is 0 Å². The predicted octanol–water partition coefficient (Wildman–Crippen LogP) is 1.69. The van der Waals surface area contributed by atoms with Gasteiger partial charge in [-0.3, -0.25) is 4.79 Å². The molecule has 1 aliphatic heterocycles. The summed E-state index contributed by atoms with van der Waals surface area (Å²) in [4.78, 5) is 33.8. The van der Waals surface area contributed by atoms with Gasteiger partial charge in [0, 0.05) is 31.5 Å². The molecule has 2 amide bonds. The van der Waals surface area contributed by atoms with E-state index in [-0.39, 0.29) is 23.3 Å². The average Bonchev–Trinajstić information content (AvgIpc) is 2.56. The molecule has 1 N–H and O–H groups in total. The lowest BCUT2D eigenvalue weighted by atomic mass is 10.1. The van der Waals surface area contributed by atoms with Crippen molar-refractivity contribution >= 4 is 23.8 Å². The summed E-state index contributed by atoms with van der Waals surface area (Å²) in [5, 5.41) is 3.36. The third-order valence-corrected chi connectivity index (χ3v) is 4.55. The van der Waals surface area contributed by atoms with Crippen LogP contribution in [0.25, 0.3) is 0 Å². The number of nitrogens with one attached hydrogen (secondary N) is 1. The van der Waals surface area contributed by atoms with Gasteiger partial charge in [0.05, 0.1) is 11.9 Å². The minimum Gasteiger partial charge on any atom is -0.450 e. The van der Waals surface area contributed by atoms with Gasteiger partial charge in [0.25, 0.3) is 0 Å². The molecule has 7 nitrogen and oxygen atoms in total. The Kier molecular flexibility index (Phi) is 6.64. The van der Waals surface area contributed by atoms with Crippen molar-refractivity contribution in [1.29, 1.82) is 0 Å². The largest absolute Gasteiger partial charge is 0.450 e. The second-order valence-electron chi connectivity index (χ2n) is 5.26. The molecule has 0 aromatic carbocycles. The standard InChI is InChI=1S/C15H22N4O3S/c1-3-22-15(21)19-9-5-12(6-10-19)18-13(20)11(2)23-14-16-7-4-8-17-14/h4,7-8,11-12H,3,5-6,9-10H2,1-2H3,(H,18,20). The summed E-state index contributed by atoms with van der Waals surface area (Å²) in [7, 11) is 0. The van der Waals surface area contributed by atoms with Gasteiger partial charge in [-0.05, 0) is 32.8 Å². The second kappa shape index (κ2) is 8.71. The Labute approximate surface area is 140 Å². The summed E-state index contributed by atoms with van der Waals surface area (Å²) < 4.78 is 4.98. The number of amides is 2. The van der Waals surface area contributed by atoms with Gasteiger partial charge in [-0.1, -0.05) is 11.8 Å². The van der Waals surface area contributed by atoms with Crippen LogP contribution in [0.4, 0.5) is 4.79 Å². The van der Waals surface area contributed by atoms with Crippen LogP contribution in [0.5, 0.6) is 0 Å². The van der Waals surface area contributed by atoms with Crippen molar-refractivity contribution in [2.24, 2.45) is 0 Å². The fourth-order valence-electron chi connectivity index (χ4n) is 2.30. The van der Waals surface area contributed by atoms with Crippen molar-refractivity contribution in [3.05, 3.63) is 18.5 Å². The molecule has 0 saturated carbocycles. The van der Waals surface area contributed by atoms with Gasteiger partial charge in [0.1, 0.15) is 0 Å². The first kappa shape index (κ1) is 17.5.